The molecule has 0 radical (unpaired) electrons. The Labute approximate surface area is 164 Å². The van der Waals surface area contributed by atoms with Gasteiger partial charge < -0.3 is 9.64 Å². The van der Waals surface area contributed by atoms with Crippen LogP contribution in [0.25, 0.3) is 0 Å². The second kappa shape index (κ2) is 8.57. The summed E-state index contributed by atoms with van der Waals surface area (Å²) in [5.41, 5.74) is 0.551. The summed E-state index contributed by atoms with van der Waals surface area (Å²) in [7, 11) is -1.91. The molecule has 1 amide bonds. The molecular formula is C23H31NO2Si. The fourth-order valence-corrected chi connectivity index (χ4v) is 4.82. The lowest BCUT2D eigenvalue weighted by Crippen LogP contribution is -2.48. The Morgan fingerprint density at radius 3 is 2.04 bits per heavy atom. The van der Waals surface area contributed by atoms with Crippen LogP contribution in [0.3, 0.4) is 0 Å². The summed E-state index contributed by atoms with van der Waals surface area (Å²) in [6, 6.07) is 20.5. The van der Waals surface area contributed by atoms with Crippen LogP contribution in [0.5, 0.6) is 0 Å². The number of nitrogens with zero attached hydrogens (tertiary/aromatic N) is 1. The van der Waals surface area contributed by atoms with Crippen molar-refractivity contribution < 1.29 is 9.53 Å². The summed E-state index contributed by atoms with van der Waals surface area (Å²) in [5, 5.41) is 2.43. The molecule has 0 atom stereocenters. The number of benzene rings is 2. The van der Waals surface area contributed by atoms with Crippen LogP contribution in [0.4, 0.5) is 4.79 Å². The molecule has 0 fully saturated rings. The average Bonchev–Trinajstić information content (AvgIpc) is 2.61. The minimum Gasteiger partial charge on any atom is -0.444 e. The van der Waals surface area contributed by atoms with E-state index < -0.39 is 13.7 Å². The summed E-state index contributed by atoms with van der Waals surface area (Å²) in [6.45, 7) is 15.6. The maximum Gasteiger partial charge on any atom is 0.410 e. The zero-order valence-electron chi connectivity index (χ0n) is 17.2. The first-order chi connectivity index (χ1) is 12.6. The minimum absolute atomic E-state index is 0.301. The largest absolute Gasteiger partial charge is 0.444 e. The normalized spacial score (nSPS) is 11.7. The second-order valence-corrected chi connectivity index (χ2v) is 13.0. The number of rotatable bonds is 6. The van der Waals surface area contributed by atoms with Crippen molar-refractivity contribution in [2.75, 3.05) is 6.54 Å². The Bertz CT molecular complexity index is 764. The van der Waals surface area contributed by atoms with E-state index in [1.807, 2.05) is 57.2 Å². The smallest absolute Gasteiger partial charge is 0.410 e. The van der Waals surface area contributed by atoms with Gasteiger partial charge in [0.05, 0.1) is 0 Å². The maximum atomic E-state index is 12.8. The number of carbonyl (C=O) groups is 1. The Morgan fingerprint density at radius 1 is 1.00 bits per heavy atom. The molecule has 27 heavy (non-hydrogen) atoms. The summed E-state index contributed by atoms with van der Waals surface area (Å²) in [5.74, 6) is 0. The highest BCUT2D eigenvalue weighted by Gasteiger charge is 2.30. The number of hydrogen-bond acceptors (Lipinski definition) is 2. The van der Waals surface area contributed by atoms with Crippen LogP contribution in [0.1, 0.15) is 26.3 Å². The van der Waals surface area contributed by atoms with E-state index in [0.717, 1.165) is 10.8 Å². The summed E-state index contributed by atoms with van der Waals surface area (Å²) >= 11 is 0. The van der Waals surface area contributed by atoms with Crippen molar-refractivity contribution in [1.82, 2.24) is 4.90 Å². The van der Waals surface area contributed by atoms with Crippen molar-refractivity contribution >= 4 is 19.4 Å². The topological polar surface area (TPSA) is 29.5 Å². The van der Waals surface area contributed by atoms with Gasteiger partial charge in [0, 0.05) is 13.1 Å². The van der Waals surface area contributed by atoms with Crippen LogP contribution >= 0.6 is 0 Å². The van der Waals surface area contributed by atoms with Crippen LogP contribution in [-0.4, -0.2) is 31.2 Å². The summed E-state index contributed by atoms with van der Waals surface area (Å²) in [4.78, 5) is 14.6. The van der Waals surface area contributed by atoms with E-state index >= 15 is 0 Å². The Morgan fingerprint density at radius 2 is 1.52 bits per heavy atom. The number of ether oxygens (including phenoxy) is 1. The van der Waals surface area contributed by atoms with Crippen molar-refractivity contribution in [3.05, 3.63) is 78.0 Å². The number of carbonyl (C=O) groups excluding carboxylic acids is 1. The first-order valence-electron chi connectivity index (χ1n) is 9.35. The van der Waals surface area contributed by atoms with Crippen molar-refractivity contribution in [1.29, 1.82) is 0 Å². The SMILES string of the molecule is C=C(CN(Cc1ccccc1)C(=O)OC(C)(C)C)[Si](C)(C)c1ccccc1. The van der Waals surface area contributed by atoms with Gasteiger partial charge in [-0.25, -0.2) is 4.79 Å². The summed E-state index contributed by atoms with van der Waals surface area (Å²) < 4.78 is 5.65. The van der Waals surface area contributed by atoms with E-state index in [2.05, 4.69) is 43.9 Å². The molecule has 0 aliphatic heterocycles. The first-order valence-corrected chi connectivity index (χ1v) is 12.4. The van der Waals surface area contributed by atoms with Crippen LogP contribution in [0.15, 0.2) is 72.4 Å². The molecule has 0 heterocycles. The van der Waals surface area contributed by atoms with Crippen molar-refractivity contribution in [2.24, 2.45) is 0 Å². The molecule has 0 aliphatic carbocycles. The molecule has 2 aromatic carbocycles. The van der Waals surface area contributed by atoms with Gasteiger partial charge in [-0.05, 0) is 26.3 Å². The fourth-order valence-electron chi connectivity index (χ4n) is 2.80. The Balaban J connectivity index is 2.22. The second-order valence-electron chi connectivity index (χ2n) is 8.42. The number of hydrogen-bond donors (Lipinski definition) is 0. The Hall–Kier alpha value is -2.33. The molecule has 0 saturated carbocycles. The van der Waals surface area contributed by atoms with E-state index in [0.29, 0.717) is 13.1 Å². The van der Waals surface area contributed by atoms with Gasteiger partial charge >= 0.3 is 6.09 Å². The standard InChI is InChI=1S/C23H31NO2Si/c1-19(27(5,6)21-15-11-8-12-16-21)17-24(22(25)26-23(2,3)4)18-20-13-9-7-10-14-20/h7-16H,1,17-18H2,2-6H3. The van der Waals surface area contributed by atoms with Gasteiger partial charge in [0.1, 0.15) is 13.7 Å². The fraction of sp³-hybridized carbons (Fsp3) is 0.348. The third-order valence-corrected chi connectivity index (χ3v) is 8.33. The molecule has 2 aromatic rings. The van der Waals surface area contributed by atoms with Gasteiger partial charge in [0.15, 0.2) is 0 Å². The van der Waals surface area contributed by atoms with Crippen molar-refractivity contribution in [2.45, 2.75) is 46.0 Å². The predicted molar refractivity (Wildman–Crippen MR) is 116 cm³/mol. The molecule has 0 aromatic heterocycles. The van der Waals surface area contributed by atoms with E-state index in [9.17, 15) is 4.79 Å². The number of amides is 1. The highest BCUT2D eigenvalue weighted by molar-refractivity contribution is 6.95. The van der Waals surface area contributed by atoms with Crippen LogP contribution in [-0.2, 0) is 11.3 Å². The molecule has 0 unspecified atom stereocenters. The zero-order valence-corrected chi connectivity index (χ0v) is 18.2. The molecule has 0 bridgehead atoms. The molecular weight excluding hydrogens is 350 g/mol. The van der Waals surface area contributed by atoms with Gasteiger partial charge in [0.2, 0.25) is 0 Å². The Kier molecular flexibility index (Phi) is 6.66. The maximum absolute atomic E-state index is 12.8. The third-order valence-electron chi connectivity index (χ3n) is 4.63. The van der Waals surface area contributed by atoms with E-state index in [4.69, 9.17) is 4.74 Å². The molecule has 0 saturated heterocycles. The van der Waals surface area contributed by atoms with E-state index in [1.54, 1.807) is 4.90 Å². The van der Waals surface area contributed by atoms with Gasteiger partial charge in [-0.3, -0.25) is 0 Å². The molecule has 0 spiro atoms. The van der Waals surface area contributed by atoms with Gasteiger partial charge in [-0.2, -0.15) is 0 Å². The highest BCUT2D eigenvalue weighted by Crippen LogP contribution is 2.19. The van der Waals surface area contributed by atoms with Crippen LogP contribution in [0, 0.1) is 0 Å². The van der Waals surface area contributed by atoms with Gasteiger partial charge in [-0.1, -0.05) is 84.1 Å². The van der Waals surface area contributed by atoms with Gasteiger partial charge in [-0.15, -0.1) is 6.58 Å². The van der Waals surface area contributed by atoms with Crippen LogP contribution in [0.2, 0.25) is 13.1 Å². The van der Waals surface area contributed by atoms with Crippen molar-refractivity contribution in [3.8, 4) is 0 Å². The highest BCUT2D eigenvalue weighted by atomic mass is 28.3. The minimum atomic E-state index is -1.91. The quantitative estimate of drug-likeness (QED) is 0.649. The lowest BCUT2D eigenvalue weighted by Gasteiger charge is -2.32. The lowest BCUT2D eigenvalue weighted by atomic mass is 10.2. The van der Waals surface area contributed by atoms with E-state index in [1.165, 1.54) is 5.19 Å². The van der Waals surface area contributed by atoms with Gasteiger partial charge in [0.25, 0.3) is 0 Å². The predicted octanol–water partition coefficient (Wildman–Crippen LogP) is 5.13. The average molecular weight is 382 g/mol. The molecule has 0 N–H and O–H groups in total. The molecule has 144 valence electrons. The van der Waals surface area contributed by atoms with Crippen molar-refractivity contribution in [3.63, 3.8) is 0 Å². The third kappa shape index (κ3) is 6.10. The zero-order chi connectivity index (χ0) is 20.1. The molecule has 3 nitrogen and oxygen atoms in total. The lowest BCUT2D eigenvalue weighted by molar-refractivity contribution is 0.0254. The molecule has 2 rings (SSSR count). The van der Waals surface area contributed by atoms with E-state index in [-0.39, 0.29) is 6.09 Å². The van der Waals surface area contributed by atoms with Crippen LogP contribution < -0.4 is 5.19 Å². The first kappa shape index (κ1) is 21.0. The molecule has 4 heteroatoms. The monoisotopic (exact) mass is 381 g/mol. The summed E-state index contributed by atoms with van der Waals surface area (Å²) in [6.07, 6.45) is -0.301. The molecule has 0 aliphatic rings.